The number of aromatic nitrogens is 2. The molecule has 0 aromatic carbocycles. The van der Waals surface area contributed by atoms with E-state index in [1.807, 2.05) is 6.92 Å². The van der Waals surface area contributed by atoms with E-state index < -0.39 is 5.60 Å². The van der Waals surface area contributed by atoms with Gasteiger partial charge < -0.3 is 15.4 Å². The molecule has 0 bridgehead atoms. The van der Waals surface area contributed by atoms with Crippen LogP contribution in [0.3, 0.4) is 0 Å². The van der Waals surface area contributed by atoms with Crippen LogP contribution in [0.5, 0.6) is 0 Å². The summed E-state index contributed by atoms with van der Waals surface area (Å²) < 4.78 is 0. The number of imidazole rings is 1. The molecule has 1 aliphatic carbocycles. The minimum atomic E-state index is -0.677. The Kier molecular flexibility index (Phi) is 2.96. The van der Waals surface area contributed by atoms with Gasteiger partial charge in [0.05, 0.1) is 11.8 Å². The fourth-order valence-electron chi connectivity index (χ4n) is 1.76. The number of hydrogen-bond acceptors (Lipinski definition) is 3. The summed E-state index contributed by atoms with van der Waals surface area (Å²) in [7, 11) is 0. The standard InChI is InChI=1S/C11H17N3O2/c1-2-9-12-6-8(14-9)10(15)13-7-11(16)4-3-5-11/h6,16H,2-5,7H2,1H3,(H,12,14)(H,13,15). The third kappa shape index (κ3) is 2.24. The highest BCUT2D eigenvalue weighted by atomic mass is 16.3. The second kappa shape index (κ2) is 4.25. The summed E-state index contributed by atoms with van der Waals surface area (Å²) in [6, 6.07) is 0. The van der Waals surface area contributed by atoms with Gasteiger partial charge in [-0.3, -0.25) is 4.79 Å². The minimum Gasteiger partial charge on any atom is -0.388 e. The predicted molar refractivity (Wildman–Crippen MR) is 59.1 cm³/mol. The molecule has 1 heterocycles. The molecular weight excluding hydrogens is 206 g/mol. The monoisotopic (exact) mass is 223 g/mol. The van der Waals surface area contributed by atoms with E-state index in [-0.39, 0.29) is 5.91 Å². The van der Waals surface area contributed by atoms with Crippen molar-refractivity contribution in [3.63, 3.8) is 0 Å². The fourth-order valence-corrected chi connectivity index (χ4v) is 1.76. The first-order valence-electron chi connectivity index (χ1n) is 5.67. The van der Waals surface area contributed by atoms with Gasteiger partial charge >= 0.3 is 0 Å². The van der Waals surface area contributed by atoms with E-state index in [0.29, 0.717) is 12.2 Å². The molecule has 0 spiro atoms. The van der Waals surface area contributed by atoms with E-state index in [1.165, 1.54) is 6.20 Å². The Labute approximate surface area is 94.3 Å². The van der Waals surface area contributed by atoms with Crippen molar-refractivity contribution in [2.45, 2.75) is 38.2 Å². The van der Waals surface area contributed by atoms with Crippen molar-refractivity contribution in [1.82, 2.24) is 15.3 Å². The van der Waals surface area contributed by atoms with Crippen LogP contribution in [0.25, 0.3) is 0 Å². The van der Waals surface area contributed by atoms with Crippen molar-refractivity contribution in [2.75, 3.05) is 6.54 Å². The average Bonchev–Trinajstić information content (AvgIpc) is 2.71. The number of nitrogens with one attached hydrogen (secondary N) is 2. The lowest BCUT2D eigenvalue weighted by atomic mass is 9.80. The van der Waals surface area contributed by atoms with Gasteiger partial charge in [-0.1, -0.05) is 6.92 Å². The lowest BCUT2D eigenvalue weighted by Crippen LogP contribution is -2.47. The van der Waals surface area contributed by atoms with E-state index in [0.717, 1.165) is 31.5 Å². The summed E-state index contributed by atoms with van der Waals surface area (Å²) in [5.74, 6) is 0.597. The topological polar surface area (TPSA) is 78.0 Å². The zero-order valence-electron chi connectivity index (χ0n) is 9.42. The summed E-state index contributed by atoms with van der Waals surface area (Å²) >= 11 is 0. The Hall–Kier alpha value is -1.36. The third-order valence-corrected chi connectivity index (χ3v) is 3.07. The molecule has 3 N–H and O–H groups in total. The van der Waals surface area contributed by atoms with Crippen LogP contribution >= 0.6 is 0 Å². The second-order valence-corrected chi connectivity index (χ2v) is 4.36. The van der Waals surface area contributed by atoms with Crippen molar-refractivity contribution in [3.05, 3.63) is 17.7 Å². The highest BCUT2D eigenvalue weighted by Crippen LogP contribution is 2.30. The quantitative estimate of drug-likeness (QED) is 0.700. The molecule has 0 unspecified atom stereocenters. The van der Waals surface area contributed by atoms with Crippen molar-refractivity contribution >= 4 is 5.91 Å². The number of aliphatic hydroxyl groups is 1. The zero-order valence-corrected chi connectivity index (χ0v) is 9.42. The maximum atomic E-state index is 11.7. The first-order valence-corrected chi connectivity index (χ1v) is 5.67. The lowest BCUT2D eigenvalue weighted by molar-refractivity contribution is -0.0300. The number of H-pyrrole nitrogens is 1. The number of aromatic amines is 1. The van der Waals surface area contributed by atoms with Gasteiger partial charge in [0, 0.05) is 13.0 Å². The fraction of sp³-hybridized carbons (Fsp3) is 0.636. The van der Waals surface area contributed by atoms with E-state index in [9.17, 15) is 9.90 Å². The number of hydrogen-bond donors (Lipinski definition) is 3. The summed E-state index contributed by atoms with van der Waals surface area (Å²) in [5, 5.41) is 12.5. The van der Waals surface area contributed by atoms with Gasteiger partial charge in [0.1, 0.15) is 11.5 Å². The normalized spacial score (nSPS) is 17.9. The maximum absolute atomic E-state index is 11.7. The van der Waals surface area contributed by atoms with Gasteiger partial charge in [-0.05, 0) is 19.3 Å². The molecule has 2 rings (SSSR count). The molecule has 0 saturated heterocycles. The molecule has 0 aliphatic heterocycles. The van der Waals surface area contributed by atoms with Crippen molar-refractivity contribution in [1.29, 1.82) is 0 Å². The molecule has 1 aromatic rings. The Bertz CT molecular complexity index is 382. The molecule has 1 fully saturated rings. The molecular formula is C11H17N3O2. The van der Waals surface area contributed by atoms with Crippen molar-refractivity contribution in [3.8, 4) is 0 Å². The Morgan fingerprint density at radius 1 is 1.69 bits per heavy atom. The van der Waals surface area contributed by atoms with E-state index in [1.54, 1.807) is 0 Å². The average molecular weight is 223 g/mol. The largest absolute Gasteiger partial charge is 0.388 e. The van der Waals surface area contributed by atoms with Crippen LogP contribution in [-0.4, -0.2) is 33.1 Å². The first kappa shape index (κ1) is 11.1. The Balaban J connectivity index is 1.87. The van der Waals surface area contributed by atoms with Crippen LogP contribution in [0.4, 0.5) is 0 Å². The smallest absolute Gasteiger partial charge is 0.269 e. The zero-order chi connectivity index (χ0) is 11.6. The Morgan fingerprint density at radius 3 is 2.94 bits per heavy atom. The number of amides is 1. The van der Waals surface area contributed by atoms with Crippen LogP contribution in [0.15, 0.2) is 6.20 Å². The molecule has 16 heavy (non-hydrogen) atoms. The van der Waals surface area contributed by atoms with Gasteiger partial charge in [-0.2, -0.15) is 0 Å². The number of aryl methyl sites for hydroxylation is 1. The second-order valence-electron chi connectivity index (χ2n) is 4.36. The van der Waals surface area contributed by atoms with Crippen LogP contribution < -0.4 is 5.32 Å². The molecule has 88 valence electrons. The number of nitrogens with zero attached hydrogens (tertiary/aromatic N) is 1. The van der Waals surface area contributed by atoms with Gasteiger partial charge in [-0.25, -0.2) is 4.98 Å². The molecule has 5 nitrogen and oxygen atoms in total. The molecule has 1 aliphatic rings. The van der Waals surface area contributed by atoms with Crippen LogP contribution in [-0.2, 0) is 6.42 Å². The highest BCUT2D eigenvalue weighted by molar-refractivity contribution is 5.92. The molecule has 1 amide bonds. The summed E-state index contributed by atoms with van der Waals surface area (Å²) in [5.41, 5.74) is -0.219. The van der Waals surface area contributed by atoms with E-state index in [2.05, 4.69) is 15.3 Å². The number of carbonyl (C=O) groups excluding carboxylic acids is 1. The van der Waals surface area contributed by atoms with E-state index in [4.69, 9.17) is 0 Å². The van der Waals surface area contributed by atoms with Gasteiger partial charge in [0.2, 0.25) is 0 Å². The molecule has 0 atom stereocenters. The molecule has 1 aromatic heterocycles. The van der Waals surface area contributed by atoms with Crippen molar-refractivity contribution < 1.29 is 9.90 Å². The SMILES string of the molecule is CCc1ncc(C(=O)NCC2(O)CCC2)[nH]1. The highest BCUT2D eigenvalue weighted by Gasteiger charge is 2.34. The van der Waals surface area contributed by atoms with Crippen molar-refractivity contribution in [2.24, 2.45) is 0 Å². The maximum Gasteiger partial charge on any atom is 0.269 e. The van der Waals surface area contributed by atoms with Gasteiger partial charge in [0.25, 0.3) is 5.91 Å². The van der Waals surface area contributed by atoms with Gasteiger partial charge in [0.15, 0.2) is 0 Å². The van der Waals surface area contributed by atoms with Crippen LogP contribution in [0.1, 0.15) is 42.5 Å². The number of rotatable bonds is 4. The third-order valence-electron chi connectivity index (χ3n) is 3.07. The predicted octanol–water partition coefficient (Wildman–Crippen LogP) is 0.617. The number of carbonyl (C=O) groups is 1. The lowest BCUT2D eigenvalue weighted by Gasteiger charge is -2.36. The summed E-state index contributed by atoms with van der Waals surface area (Å²) in [6.45, 7) is 2.30. The molecule has 5 heteroatoms. The molecule has 0 radical (unpaired) electrons. The summed E-state index contributed by atoms with van der Waals surface area (Å²) in [6.07, 6.45) is 4.89. The van der Waals surface area contributed by atoms with Crippen LogP contribution in [0.2, 0.25) is 0 Å². The summed E-state index contributed by atoms with van der Waals surface area (Å²) in [4.78, 5) is 18.7. The Morgan fingerprint density at radius 2 is 2.44 bits per heavy atom. The van der Waals surface area contributed by atoms with E-state index >= 15 is 0 Å². The van der Waals surface area contributed by atoms with Gasteiger partial charge in [-0.15, -0.1) is 0 Å². The first-order chi connectivity index (χ1) is 7.63. The minimum absolute atomic E-state index is 0.201. The van der Waals surface area contributed by atoms with Crippen LogP contribution in [0, 0.1) is 0 Å². The molecule has 1 saturated carbocycles.